The second-order valence-corrected chi connectivity index (χ2v) is 12.3. The molecule has 0 radical (unpaired) electrons. The molecule has 0 spiro atoms. The lowest BCUT2D eigenvalue weighted by Crippen LogP contribution is -2.48. The summed E-state index contributed by atoms with van der Waals surface area (Å²) < 4.78 is 5.30. The van der Waals surface area contributed by atoms with Crippen molar-refractivity contribution < 1.29 is 19.4 Å². The summed E-state index contributed by atoms with van der Waals surface area (Å²) in [4.78, 5) is 33.5. The number of methoxy groups -OCH3 is 1. The fourth-order valence-corrected chi connectivity index (χ4v) is 5.75. The van der Waals surface area contributed by atoms with E-state index in [-0.39, 0.29) is 24.3 Å². The molecule has 0 aliphatic heterocycles. The van der Waals surface area contributed by atoms with Crippen LogP contribution in [0, 0.1) is 12.8 Å². The van der Waals surface area contributed by atoms with Crippen LogP contribution >= 0.6 is 11.3 Å². The number of hydrogen-bond acceptors (Lipinski definition) is 7. The number of aromatic nitrogens is 1. The molecule has 2 amide bonds. The van der Waals surface area contributed by atoms with E-state index in [0.29, 0.717) is 37.2 Å². The Morgan fingerprint density at radius 3 is 2.41 bits per heavy atom. The van der Waals surface area contributed by atoms with Gasteiger partial charge in [-0.1, -0.05) is 62.4 Å². The van der Waals surface area contributed by atoms with Gasteiger partial charge in [0.1, 0.15) is 10.8 Å². The van der Waals surface area contributed by atoms with Crippen LogP contribution in [0.2, 0.25) is 0 Å². The first-order valence-corrected chi connectivity index (χ1v) is 15.8. The third kappa shape index (κ3) is 9.74. The molecule has 3 N–H and O–H groups in total. The molecule has 0 bridgehead atoms. The first-order chi connectivity index (χ1) is 21.2. The molecule has 0 unspecified atom stereocenters. The number of aliphatic hydroxyl groups is 1. The van der Waals surface area contributed by atoms with Crippen LogP contribution < -0.4 is 15.4 Å². The number of carbonyl (C=O) groups is 2. The molecule has 4 rings (SSSR count). The Morgan fingerprint density at radius 1 is 0.977 bits per heavy atom. The van der Waals surface area contributed by atoms with E-state index in [0.717, 1.165) is 27.6 Å². The number of aliphatic hydroxyl groups excluding tert-OH is 1. The minimum atomic E-state index is -0.863. The summed E-state index contributed by atoms with van der Waals surface area (Å²) in [7, 11) is 1.63. The quantitative estimate of drug-likeness (QED) is 0.169. The zero-order chi connectivity index (χ0) is 31.5. The van der Waals surface area contributed by atoms with Gasteiger partial charge in [-0.25, -0.2) is 4.98 Å². The van der Waals surface area contributed by atoms with E-state index >= 15 is 0 Å². The summed E-state index contributed by atoms with van der Waals surface area (Å²) >= 11 is 1.54. The lowest BCUT2D eigenvalue weighted by molar-refractivity contribution is 0.0722. The lowest BCUT2D eigenvalue weighted by atomic mass is 10.00. The molecule has 0 saturated carbocycles. The number of benzene rings is 3. The Hall–Kier alpha value is -4.05. The van der Waals surface area contributed by atoms with E-state index in [1.54, 1.807) is 36.3 Å². The van der Waals surface area contributed by atoms with Gasteiger partial charge in [-0.15, -0.1) is 11.3 Å². The van der Waals surface area contributed by atoms with Gasteiger partial charge in [0.25, 0.3) is 11.8 Å². The molecule has 0 aliphatic rings. The highest BCUT2D eigenvalue weighted by Crippen LogP contribution is 2.18. The predicted molar refractivity (Wildman–Crippen MR) is 175 cm³/mol. The molecule has 232 valence electrons. The maximum Gasteiger partial charge on any atom is 0.254 e. The topological polar surface area (TPSA) is 104 Å². The molecule has 0 saturated heterocycles. The SMILES string of the molecule is COc1cccc(CNC[C@@H](O)[C@H](Cc2ccccc2)NC(=O)c2cccc(C(=O)N(Cc3nc(C)cs3)CC(C)C)c2)c1. The molecule has 0 fully saturated rings. The third-order valence-corrected chi connectivity index (χ3v) is 8.08. The van der Waals surface area contributed by atoms with Crippen molar-refractivity contribution in [1.82, 2.24) is 20.5 Å². The van der Waals surface area contributed by atoms with Crippen molar-refractivity contribution in [2.24, 2.45) is 5.92 Å². The number of hydrogen-bond donors (Lipinski definition) is 3. The molecule has 3 aromatic carbocycles. The van der Waals surface area contributed by atoms with Crippen molar-refractivity contribution in [3.63, 3.8) is 0 Å². The Labute approximate surface area is 264 Å². The van der Waals surface area contributed by atoms with Gasteiger partial charge in [0.2, 0.25) is 0 Å². The maximum absolute atomic E-state index is 13.6. The van der Waals surface area contributed by atoms with Crippen molar-refractivity contribution in [1.29, 1.82) is 0 Å². The average Bonchev–Trinajstić information content (AvgIpc) is 3.44. The van der Waals surface area contributed by atoms with Gasteiger partial charge in [0.05, 0.1) is 25.8 Å². The van der Waals surface area contributed by atoms with Crippen LogP contribution in [0.1, 0.15) is 56.4 Å². The highest BCUT2D eigenvalue weighted by molar-refractivity contribution is 7.09. The average molecular weight is 615 g/mol. The van der Waals surface area contributed by atoms with E-state index in [9.17, 15) is 14.7 Å². The Kier molecular flexibility index (Phi) is 12.1. The largest absolute Gasteiger partial charge is 0.497 e. The van der Waals surface area contributed by atoms with Gasteiger partial charge >= 0.3 is 0 Å². The number of amides is 2. The number of carbonyl (C=O) groups excluding carboxylic acids is 2. The van der Waals surface area contributed by atoms with Gasteiger partial charge < -0.3 is 25.4 Å². The van der Waals surface area contributed by atoms with Crippen LogP contribution in [0.15, 0.2) is 84.2 Å². The van der Waals surface area contributed by atoms with Crippen LogP contribution in [0.5, 0.6) is 5.75 Å². The summed E-state index contributed by atoms with van der Waals surface area (Å²) in [5, 5.41) is 20.4. The predicted octanol–water partition coefficient (Wildman–Crippen LogP) is 5.25. The number of rotatable bonds is 15. The van der Waals surface area contributed by atoms with E-state index in [4.69, 9.17) is 4.74 Å². The first kappa shape index (κ1) is 32.9. The van der Waals surface area contributed by atoms with Gasteiger partial charge in [0, 0.05) is 41.8 Å². The van der Waals surface area contributed by atoms with Gasteiger partial charge in [-0.2, -0.15) is 0 Å². The number of nitrogens with zero attached hydrogens (tertiary/aromatic N) is 2. The van der Waals surface area contributed by atoms with E-state index in [2.05, 4.69) is 29.5 Å². The second-order valence-electron chi connectivity index (χ2n) is 11.4. The number of aryl methyl sites for hydroxylation is 1. The Bertz CT molecular complexity index is 1510. The molecular formula is C35H42N4O4S. The summed E-state index contributed by atoms with van der Waals surface area (Å²) in [6.07, 6.45) is -0.416. The lowest BCUT2D eigenvalue weighted by Gasteiger charge is -2.25. The normalized spacial score (nSPS) is 12.5. The second kappa shape index (κ2) is 16.1. The Morgan fingerprint density at radius 2 is 1.70 bits per heavy atom. The summed E-state index contributed by atoms with van der Waals surface area (Å²) in [6, 6.07) is 23.7. The van der Waals surface area contributed by atoms with Crippen molar-refractivity contribution in [3.05, 3.63) is 117 Å². The third-order valence-electron chi connectivity index (χ3n) is 7.13. The highest BCUT2D eigenvalue weighted by atomic mass is 32.1. The minimum absolute atomic E-state index is 0.149. The van der Waals surface area contributed by atoms with Crippen LogP contribution in [0.3, 0.4) is 0 Å². The zero-order valence-corrected chi connectivity index (χ0v) is 26.6. The van der Waals surface area contributed by atoms with E-state index < -0.39 is 12.1 Å². The molecular weight excluding hydrogens is 572 g/mol. The van der Waals surface area contributed by atoms with Crippen molar-refractivity contribution >= 4 is 23.2 Å². The minimum Gasteiger partial charge on any atom is -0.497 e. The molecule has 9 heteroatoms. The Balaban J connectivity index is 1.46. The van der Waals surface area contributed by atoms with Crippen LogP contribution in [0.4, 0.5) is 0 Å². The number of ether oxygens (including phenoxy) is 1. The van der Waals surface area contributed by atoms with Crippen molar-refractivity contribution in [3.8, 4) is 5.75 Å². The van der Waals surface area contributed by atoms with E-state index in [1.807, 2.05) is 66.9 Å². The molecule has 1 heterocycles. The highest BCUT2D eigenvalue weighted by Gasteiger charge is 2.24. The molecule has 2 atom stereocenters. The van der Waals surface area contributed by atoms with Gasteiger partial charge in [-0.05, 0) is 60.7 Å². The van der Waals surface area contributed by atoms with Crippen molar-refractivity contribution in [2.75, 3.05) is 20.2 Å². The zero-order valence-electron chi connectivity index (χ0n) is 25.8. The number of thiazole rings is 1. The summed E-state index contributed by atoms with van der Waals surface area (Å²) in [6.45, 7) is 7.88. The molecule has 0 aliphatic carbocycles. The fourth-order valence-electron chi connectivity index (χ4n) is 4.97. The standard InChI is InChI=1S/C35H42N4O4S/c1-24(2)21-39(22-33-37-25(3)23-44-33)35(42)29-14-9-13-28(18-29)34(41)38-31(17-26-10-6-5-7-11-26)32(40)20-36-19-27-12-8-15-30(16-27)43-4/h5-16,18,23-24,31-32,36,40H,17,19-22H2,1-4H3,(H,38,41)/t31-,32+/m0/s1. The van der Waals surface area contributed by atoms with Crippen LogP contribution in [-0.4, -0.2) is 59.1 Å². The molecule has 8 nitrogen and oxygen atoms in total. The van der Waals surface area contributed by atoms with Crippen LogP contribution in [-0.2, 0) is 19.5 Å². The van der Waals surface area contributed by atoms with Crippen molar-refractivity contribution in [2.45, 2.75) is 52.4 Å². The summed E-state index contributed by atoms with van der Waals surface area (Å²) in [5.74, 6) is 0.539. The smallest absolute Gasteiger partial charge is 0.254 e. The first-order valence-electron chi connectivity index (χ1n) is 14.9. The monoisotopic (exact) mass is 614 g/mol. The number of nitrogens with one attached hydrogen (secondary N) is 2. The van der Waals surface area contributed by atoms with Crippen LogP contribution in [0.25, 0.3) is 0 Å². The van der Waals surface area contributed by atoms with Gasteiger partial charge in [0.15, 0.2) is 0 Å². The molecule has 4 aromatic rings. The summed E-state index contributed by atoms with van der Waals surface area (Å²) in [5.41, 5.74) is 3.75. The van der Waals surface area contributed by atoms with E-state index in [1.165, 1.54) is 11.3 Å². The fraction of sp³-hybridized carbons (Fsp3) is 0.343. The molecule has 1 aromatic heterocycles. The molecule has 44 heavy (non-hydrogen) atoms. The maximum atomic E-state index is 13.6. The van der Waals surface area contributed by atoms with Gasteiger partial charge in [-0.3, -0.25) is 9.59 Å².